The number of carbonyl (C=O) groups is 1. The lowest BCUT2D eigenvalue weighted by Crippen LogP contribution is -2.45. The molecule has 0 aromatic heterocycles. The van der Waals surface area contributed by atoms with Crippen molar-refractivity contribution >= 4 is 5.97 Å². The maximum Gasteiger partial charge on any atom is 0.303 e. The van der Waals surface area contributed by atoms with Crippen LogP contribution >= 0.6 is 0 Å². The summed E-state index contributed by atoms with van der Waals surface area (Å²) in [4.78, 5) is 10.3. The Kier molecular flexibility index (Phi) is 31.2. The van der Waals surface area contributed by atoms with Crippen LogP contribution < -0.4 is 0 Å². The van der Waals surface area contributed by atoms with Crippen LogP contribution in [0, 0.1) is 16.2 Å². The van der Waals surface area contributed by atoms with E-state index in [4.69, 9.17) is 14.6 Å². The number of aliphatic carboxylic acids is 1. The van der Waals surface area contributed by atoms with Gasteiger partial charge in [0, 0.05) is 6.42 Å². The molecule has 0 aliphatic heterocycles. The van der Waals surface area contributed by atoms with Gasteiger partial charge in [-0.1, -0.05) is 96.8 Å². The van der Waals surface area contributed by atoms with E-state index in [1.54, 1.807) is 0 Å². The molecule has 0 aromatic carbocycles. The number of ether oxygens (including phenoxy) is 2. The lowest BCUT2D eigenvalue weighted by atomic mass is 9.90. The Bertz CT molecular complexity index is 593. The first kappa shape index (κ1) is 46.2. The highest BCUT2D eigenvalue weighted by Gasteiger charge is 2.35. The zero-order valence-electron chi connectivity index (χ0n) is 28.0. The van der Waals surface area contributed by atoms with Gasteiger partial charge in [-0.05, 0) is 6.42 Å². The molecule has 0 aromatic rings. The molecule has 0 saturated carbocycles. The van der Waals surface area contributed by atoms with Gasteiger partial charge in [0.2, 0.25) is 0 Å². The monoisotopic (exact) mass is 656 g/mol. The van der Waals surface area contributed by atoms with Gasteiger partial charge in [-0.25, -0.2) is 0 Å². The Hall–Kier alpha value is -0.930. The fourth-order valence-electron chi connectivity index (χ4n) is 4.46. The third kappa shape index (κ3) is 23.1. The quantitative estimate of drug-likeness (QED) is 0.0477. The number of aliphatic hydroxyl groups is 8. The average Bonchev–Trinajstić information content (AvgIpc) is 3.06. The molecule has 0 bridgehead atoms. The van der Waals surface area contributed by atoms with E-state index in [2.05, 4.69) is 6.92 Å². The molecule has 0 amide bonds. The number of hydrogen-bond donors (Lipinski definition) is 9. The molecule has 0 heterocycles. The molecule has 0 aliphatic rings. The van der Waals surface area contributed by atoms with Gasteiger partial charge in [-0.2, -0.15) is 0 Å². The number of carboxylic acids is 1. The molecule has 0 saturated heterocycles. The number of rotatable bonds is 32. The predicted octanol–water partition coefficient (Wildman–Crippen LogP) is 2.25. The third-order valence-electron chi connectivity index (χ3n) is 8.31. The van der Waals surface area contributed by atoms with Gasteiger partial charge in [0.05, 0.1) is 95.5 Å². The van der Waals surface area contributed by atoms with Gasteiger partial charge in [0.25, 0.3) is 0 Å². The smallest absolute Gasteiger partial charge is 0.303 e. The lowest BCUT2D eigenvalue weighted by molar-refractivity contribution is -0.137. The standard InChI is InChI=1S/C18H36O2.C15H32O10/c1-2-3-4-5-6-7-8-9-10-11-12-13-14-15-16-17-18(19)20;16-1-13(2-17,3-18)9-24-11-15(7-22,8-23)12-25-10-14(4-19,5-20)6-21/h2-17H2,1H3,(H,19,20);16-23H,1-12H2. The minimum atomic E-state index is -1.24. The van der Waals surface area contributed by atoms with E-state index in [0.29, 0.717) is 6.42 Å². The predicted molar refractivity (Wildman–Crippen MR) is 173 cm³/mol. The number of carboxylic acid groups (broad SMARTS) is 1. The van der Waals surface area contributed by atoms with E-state index < -0.39 is 75.1 Å². The van der Waals surface area contributed by atoms with Crippen LogP contribution in [0.4, 0.5) is 0 Å². The van der Waals surface area contributed by atoms with Gasteiger partial charge in [0.1, 0.15) is 0 Å². The molecule has 0 aliphatic carbocycles. The Morgan fingerprint density at radius 3 is 0.911 bits per heavy atom. The van der Waals surface area contributed by atoms with Crippen LogP contribution in [0.25, 0.3) is 0 Å². The van der Waals surface area contributed by atoms with Crippen LogP contribution in [0.5, 0.6) is 0 Å². The second-order valence-electron chi connectivity index (χ2n) is 12.8. The van der Waals surface area contributed by atoms with Crippen LogP contribution in [0.15, 0.2) is 0 Å². The van der Waals surface area contributed by atoms with E-state index in [9.17, 15) is 45.6 Å². The maximum atomic E-state index is 10.3. The Morgan fingerprint density at radius 1 is 0.422 bits per heavy atom. The Morgan fingerprint density at radius 2 is 0.667 bits per heavy atom. The van der Waals surface area contributed by atoms with Crippen LogP contribution in [-0.2, 0) is 14.3 Å². The molecule has 45 heavy (non-hydrogen) atoms. The Labute approximate surface area is 271 Å². The molecule has 0 unspecified atom stereocenters. The molecular formula is C33H68O12. The van der Waals surface area contributed by atoms with Crippen molar-refractivity contribution < 1.29 is 60.2 Å². The summed E-state index contributed by atoms with van der Waals surface area (Å²) in [5.74, 6) is -0.653. The maximum absolute atomic E-state index is 10.3. The fraction of sp³-hybridized carbons (Fsp3) is 0.970. The fourth-order valence-corrected chi connectivity index (χ4v) is 4.46. The van der Waals surface area contributed by atoms with Crippen molar-refractivity contribution in [2.75, 3.05) is 79.3 Å². The number of hydrogen-bond acceptors (Lipinski definition) is 11. The SMILES string of the molecule is CCCCCCCCCCCCCCCCCC(=O)O.OCC(CO)(CO)COCC(CO)(CO)COCC(CO)(CO)CO. The summed E-state index contributed by atoms with van der Waals surface area (Å²) in [5.41, 5.74) is -3.69. The lowest BCUT2D eigenvalue weighted by Gasteiger charge is -2.34. The highest BCUT2D eigenvalue weighted by molar-refractivity contribution is 5.66. The topological polar surface area (TPSA) is 218 Å². The largest absolute Gasteiger partial charge is 0.481 e. The summed E-state index contributed by atoms with van der Waals surface area (Å²) in [6.07, 6.45) is 20.2. The average molecular weight is 657 g/mol. The van der Waals surface area contributed by atoms with E-state index in [-0.39, 0.29) is 26.4 Å². The van der Waals surface area contributed by atoms with Crippen LogP contribution in [0.3, 0.4) is 0 Å². The van der Waals surface area contributed by atoms with Gasteiger partial charge in [-0.15, -0.1) is 0 Å². The summed E-state index contributed by atoms with van der Waals surface area (Å²) in [5, 5.41) is 83.1. The Balaban J connectivity index is 0. The summed E-state index contributed by atoms with van der Waals surface area (Å²) in [7, 11) is 0. The number of unbranched alkanes of at least 4 members (excludes halogenated alkanes) is 14. The molecule has 12 nitrogen and oxygen atoms in total. The molecular weight excluding hydrogens is 588 g/mol. The normalized spacial score (nSPS) is 12.3. The summed E-state index contributed by atoms with van der Waals surface area (Å²) < 4.78 is 10.7. The van der Waals surface area contributed by atoms with E-state index in [0.717, 1.165) is 12.8 Å². The highest BCUT2D eigenvalue weighted by atomic mass is 16.5. The number of aliphatic hydroxyl groups excluding tert-OH is 8. The second kappa shape index (κ2) is 30.4. The molecule has 9 N–H and O–H groups in total. The van der Waals surface area contributed by atoms with Gasteiger partial charge in [0.15, 0.2) is 0 Å². The van der Waals surface area contributed by atoms with Crippen molar-refractivity contribution in [1.82, 2.24) is 0 Å². The molecule has 0 rings (SSSR count). The minimum Gasteiger partial charge on any atom is -0.481 e. The van der Waals surface area contributed by atoms with E-state index >= 15 is 0 Å². The first-order valence-corrected chi connectivity index (χ1v) is 16.9. The summed E-state index contributed by atoms with van der Waals surface area (Å²) in [6.45, 7) is -2.55. The van der Waals surface area contributed by atoms with E-state index in [1.807, 2.05) is 0 Å². The van der Waals surface area contributed by atoms with Crippen molar-refractivity contribution in [1.29, 1.82) is 0 Å². The zero-order chi connectivity index (χ0) is 34.3. The van der Waals surface area contributed by atoms with Gasteiger partial charge < -0.3 is 55.4 Å². The van der Waals surface area contributed by atoms with Gasteiger partial charge in [-0.3, -0.25) is 4.79 Å². The molecule has 0 radical (unpaired) electrons. The first-order chi connectivity index (χ1) is 21.7. The molecule has 0 spiro atoms. The highest BCUT2D eigenvalue weighted by Crippen LogP contribution is 2.23. The van der Waals surface area contributed by atoms with E-state index in [1.165, 1.54) is 83.5 Å². The molecule has 272 valence electrons. The second-order valence-corrected chi connectivity index (χ2v) is 12.8. The first-order valence-electron chi connectivity index (χ1n) is 16.9. The van der Waals surface area contributed by atoms with Gasteiger partial charge >= 0.3 is 5.97 Å². The minimum absolute atomic E-state index is 0.188. The van der Waals surface area contributed by atoms with Crippen LogP contribution in [0.1, 0.15) is 110 Å². The molecule has 12 heteroatoms. The van der Waals surface area contributed by atoms with Crippen molar-refractivity contribution in [3.63, 3.8) is 0 Å². The van der Waals surface area contributed by atoms with Crippen LogP contribution in [0.2, 0.25) is 0 Å². The van der Waals surface area contributed by atoms with Crippen molar-refractivity contribution in [2.24, 2.45) is 16.2 Å². The van der Waals surface area contributed by atoms with Crippen molar-refractivity contribution in [2.45, 2.75) is 110 Å². The summed E-state index contributed by atoms with van der Waals surface area (Å²) >= 11 is 0. The van der Waals surface area contributed by atoms with Crippen molar-refractivity contribution in [3.8, 4) is 0 Å². The molecule has 0 fully saturated rings. The molecule has 0 atom stereocenters. The summed E-state index contributed by atoms with van der Waals surface area (Å²) in [6, 6.07) is 0. The van der Waals surface area contributed by atoms with Crippen LogP contribution in [-0.4, -0.2) is 131 Å². The third-order valence-corrected chi connectivity index (χ3v) is 8.31. The van der Waals surface area contributed by atoms with Crippen molar-refractivity contribution in [3.05, 3.63) is 0 Å². The zero-order valence-corrected chi connectivity index (χ0v) is 28.0.